The Morgan fingerprint density at radius 2 is 1.76 bits per heavy atom. The van der Waals surface area contributed by atoms with E-state index < -0.39 is 29.7 Å². The fraction of sp³-hybridized carbons (Fsp3) is 0.510. The number of nitrogens with zero attached hydrogens (tertiary/aromatic N) is 3. The largest absolute Gasteiger partial charge is 0.492 e. The van der Waals surface area contributed by atoms with Crippen molar-refractivity contribution in [3.8, 4) is 11.5 Å². The second-order valence-electron chi connectivity index (χ2n) is 16.6. The number of halogens is 1. The SMILES string of the molecule is C=CCOC12Oc3ccc(OCCN4CC4)cc3C3C(CCCCO)C(CCCCO)C=C(C(=NOC)CC1N(Cc1ccc(F)cc1)C(=O)OCCOCc1ccccc1)C32. The van der Waals surface area contributed by atoms with Crippen molar-refractivity contribution >= 4 is 11.8 Å². The molecule has 13 heteroatoms. The zero-order valence-electron chi connectivity index (χ0n) is 35.9. The highest BCUT2D eigenvalue weighted by Crippen LogP contribution is 2.62. The number of ether oxygens (including phenoxy) is 5. The molecule has 2 fully saturated rings. The Morgan fingerprint density at radius 3 is 2.48 bits per heavy atom. The second-order valence-corrected chi connectivity index (χ2v) is 16.6. The number of aliphatic hydroxyl groups is 2. The molecular weight excluding hydrogens is 794 g/mol. The molecule has 6 atom stereocenters. The lowest BCUT2D eigenvalue weighted by Gasteiger charge is -2.59. The van der Waals surface area contributed by atoms with Gasteiger partial charge in [-0.2, -0.15) is 0 Å². The van der Waals surface area contributed by atoms with E-state index in [1.165, 1.54) is 19.2 Å². The first kappa shape index (κ1) is 45.2. The smallest absolute Gasteiger partial charge is 0.410 e. The van der Waals surface area contributed by atoms with Gasteiger partial charge in [-0.25, -0.2) is 9.18 Å². The van der Waals surface area contributed by atoms with Crippen LogP contribution >= 0.6 is 0 Å². The van der Waals surface area contributed by atoms with E-state index >= 15 is 0 Å². The average Bonchev–Trinajstić information content (AvgIpc) is 4.12. The lowest BCUT2D eigenvalue weighted by Crippen LogP contribution is -2.70. The molecule has 2 aliphatic carbocycles. The summed E-state index contributed by atoms with van der Waals surface area (Å²) in [5, 5.41) is 24.5. The number of carbonyl (C=O) groups excluding carboxylic acids is 1. The number of rotatable bonds is 24. The molecule has 334 valence electrons. The van der Waals surface area contributed by atoms with Gasteiger partial charge < -0.3 is 38.7 Å². The molecule has 62 heavy (non-hydrogen) atoms. The predicted molar refractivity (Wildman–Crippen MR) is 233 cm³/mol. The molecule has 7 rings (SSSR count). The fourth-order valence-electron chi connectivity index (χ4n) is 9.56. The van der Waals surface area contributed by atoms with Crippen molar-refractivity contribution in [2.75, 3.05) is 66.4 Å². The summed E-state index contributed by atoms with van der Waals surface area (Å²) in [4.78, 5) is 24.2. The predicted octanol–water partition coefficient (Wildman–Crippen LogP) is 7.64. The summed E-state index contributed by atoms with van der Waals surface area (Å²) in [5.74, 6) is -1.08. The molecule has 1 saturated heterocycles. The van der Waals surface area contributed by atoms with Crippen LogP contribution in [-0.4, -0.2) is 110 Å². The van der Waals surface area contributed by atoms with E-state index in [0.29, 0.717) is 43.1 Å². The number of unbranched alkanes of at least 4 members (excludes halogenated alkanes) is 2. The number of allylic oxidation sites excluding steroid dienone is 1. The Bertz CT molecular complexity index is 1980. The number of benzene rings is 3. The maximum atomic E-state index is 14.7. The van der Waals surface area contributed by atoms with Crippen LogP contribution in [0.25, 0.3) is 0 Å². The Kier molecular flexibility index (Phi) is 16.1. The van der Waals surface area contributed by atoms with Crippen molar-refractivity contribution in [2.45, 2.75) is 75.8 Å². The molecule has 2 aliphatic heterocycles. The Morgan fingerprint density at radius 1 is 0.984 bits per heavy atom. The maximum absolute atomic E-state index is 14.7. The highest BCUT2D eigenvalue weighted by atomic mass is 19.1. The monoisotopic (exact) mass is 855 g/mol. The van der Waals surface area contributed by atoms with Gasteiger partial charge in [-0.1, -0.05) is 72.6 Å². The van der Waals surface area contributed by atoms with Crippen LogP contribution in [0.15, 0.2) is 102 Å². The first-order valence-corrected chi connectivity index (χ1v) is 22.1. The number of aliphatic hydroxyl groups excluding tert-OH is 2. The van der Waals surface area contributed by atoms with E-state index in [2.05, 4.69) is 28.8 Å². The third kappa shape index (κ3) is 10.9. The van der Waals surface area contributed by atoms with Crippen molar-refractivity contribution < 1.29 is 47.9 Å². The first-order valence-electron chi connectivity index (χ1n) is 22.1. The van der Waals surface area contributed by atoms with Crippen LogP contribution in [0.1, 0.15) is 67.6 Å². The minimum Gasteiger partial charge on any atom is -0.492 e. The van der Waals surface area contributed by atoms with Crippen molar-refractivity contribution in [1.82, 2.24) is 9.80 Å². The highest BCUT2D eigenvalue weighted by Gasteiger charge is 2.65. The topological polar surface area (TPSA) is 132 Å². The van der Waals surface area contributed by atoms with Crippen LogP contribution in [0, 0.1) is 23.6 Å². The summed E-state index contributed by atoms with van der Waals surface area (Å²) < 4.78 is 46.9. The van der Waals surface area contributed by atoms with Gasteiger partial charge in [0.05, 0.1) is 31.5 Å². The summed E-state index contributed by atoms with van der Waals surface area (Å²) in [5.41, 5.74) is 4.25. The molecule has 3 aromatic rings. The third-order valence-electron chi connectivity index (χ3n) is 12.5. The Balaban J connectivity index is 1.33. The van der Waals surface area contributed by atoms with E-state index in [1.54, 1.807) is 23.1 Å². The van der Waals surface area contributed by atoms with Gasteiger partial charge in [-0.15, -0.1) is 6.58 Å². The van der Waals surface area contributed by atoms with Gasteiger partial charge in [-0.3, -0.25) is 9.80 Å². The van der Waals surface area contributed by atoms with Crippen molar-refractivity contribution in [3.05, 3.63) is 120 Å². The molecule has 1 saturated carbocycles. The van der Waals surface area contributed by atoms with Crippen LogP contribution in [0.4, 0.5) is 9.18 Å². The van der Waals surface area contributed by atoms with E-state index in [1.807, 2.05) is 42.5 Å². The quantitative estimate of drug-likeness (QED) is 0.0401. The minimum absolute atomic E-state index is 0.0122. The van der Waals surface area contributed by atoms with E-state index in [9.17, 15) is 19.4 Å². The van der Waals surface area contributed by atoms with Crippen LogP contribution in [0.3, 0.4) is 0 Å². The lowest BCUT2D eigenvalue weighted by atomic mass is 9.55. The molecule has 6 unspecified atom stereocenters. The molecule has 0 spiro atoms. The molecular formula is C49H62FN3O9. The fourth-order valence-corrected chi connectivity index (χ4v) is 9.56. The van der Waals surface area contributed by atoms with Gasteiger partial charge in [0, 0.05) is 57.3 Å². The number of fused-ring (bicyclic) bond motifs is 2. The second kappa shape index (κ2) is 22.0. The van der Waals surface area contributed by atoms with Crippen molar-refractivity contribution in [2.24, 2.45) is 22.9 Å². The number of oxime groups is 1. The molecule has 12 nitrogen and oxygen atoms in total. The van der Waals surface area contributed by atoms with E-state index in [0.717, 1.165) is 67.8 Å². The van der Waals surface area contributed by atoms with Gasteiger partial charge in [0.1, 0.15) is 43.7 Å². The average molecular weight is 856 g/mol. The molecule has 2 N–H and O–H groups in total. The van der Waals surface area contributed by atoms with Crippen LogP contribution in [-0.2, 0) is 32.2 Å². The minimum atomic E-state index is -1.49. The Labute approximate surface area is 364 Å². The number of carbonyl (C=O) groups is 1. The van der Waals surface area contributed by atoms with Crippen molar-refractivity contribution in [1.29, 1.82) is 0 Å². The molecule has 4 aliphatic rings. The van der Waals surface area contributed by atoms with Crippen molar-refractivity contribution in [3.63, 3.8) is 0 Å². The number of hydrogen-bond donors (Lipinski definition) is 2. The highest BCUT2D eigenvalue weighted by molar-refractivity contribution is 6.03. The summed E-state index contributed by atoms with van der Waals surface area (Å²) in [7, 11) is 1.52. The van der Waals surface area contributed by atoms with Gasteiger partial charge in [0.15, 0.2) is 0 Å². The summed E-state index contributed by atoms with van der Waals surface area (Å²) in [6.07, 6.45) is 8.14. The van der Waals surface area contributed by atoms with E-state index in [4.69, 9.17) is 28.5 Å². The summed E-state index contributed by atoms with van der Waals surface area (Å²) in [6.45, 7) is 8.46. The molecule has 1 amide bonds. The van der Waals surface area contributed by atoms with Gasteiger partial charge in [0.2, 0.25) is 5.79 Å². The zero-order valence-corrected chi connectivity index (χ0v) is 35.9. The third-order valence-corrected chi connectivity index (χ3v) is 12.5. The zero-order chi connectivity index (χ0) is 43.3. The number of amides is 1. The van der Waals surface area contributed by atoms with Crippen LogP contribution in [0.5, 0.6) is 11.5 Å². The summed E-state index contributed by atoms with van der Waals surface area (Å²) in [6, 6.07) is 21.0. The maximum Gasteiger partial charge on any atom is 0.410 e. The number of hydrogen-bond acceptors (Lipinski definition) is 11. The van der Waals surface area contributed by atoms with Gasteiger partial charge >= 0.3 is 6.09 Å². The molecule has 3 aromatic carbocycles. The molecule has 2 heterocycles. The molecule has 0 bridgehead atoms. The van der Waals surface area contributed by atoms with E-state index in [-0.39, 0.29) is 63.8 Å². The normalized spacial score (nSPS) is 24.3. The van der Waals surface area contributed by atoms with Crippen LogP contribution in [0.2, 0.25) is 0 Å². The standard InChI is InChI=1S/C49H62FN3O9/c1-3-26-61-49-45(53(33-35-15-17-38(50)18-16-35)48(56)60-29-28-58-34-36-11-5-4-6-12-36)32-43(51-57-2)41-30-37(13-7-9-24-54)40(14-8-10-25-55)46(47(41)49)42-31-39(19-20-44(42)62-49)59-27-23-52-21-22-52/h3-6,11-12,15-20,30-31,37,40,45-47,54-55H,1,7-10,13-14,21-29,32-34H2,2H3. The molecule has 0 radical (unpaired) electrons. The van der Waals surface area contributed by atoms with Crippen LogP contribution < -0.4 is 9.47 Å². The summed E-state index contributed by atoms with van der Waals surface area (Å²) >= 11 is 0. The first-order chi connectivity index (χ1) is 30.4. The van der Waals surface area contributed by atoms with Gasteiger partial charge in [-0.05, 0) is 84.6 Å². The molecule has 0 aromatic heterocycles. The Hall–Kier alpha value is -4.79. The lowest BCUT2D eigenvalue weighted by molar-refractivity contribution is -0.256. The van der Waals surface area contributed by atoms with Gasteiger partial charge in [0.25, 0.3) is 0 Å².